The van der Waals surface area contributed by atoms with E-state index < -0.39 is 0 Å². The van der Waals surface area contributed by atoms with Crippen LogP contribution in [0.1, 0.15) is 25.0 Å². The monoisotopic (exact) mass is 383 g/mol. The molecule has 1 heteroatoms. The molecule has 0 saturated heterocycles. The van der Waals surface area contributed by atoms with Crippen molar-refractivity contribution in [3.8, 4) is 11.1 Å². The number of fused-ring (bicyclic) bond motifs is 12. The third-order valence-corrected chi connectivity index (χ3v) is 7.15. The zero-order valence-corrected chi connectivity index (χ0v) is 17.1. The molecule has 0 spiro atoms. The van der Waals surface area contributed by atoms with Crippen LogP contribution in [0, 0.1) is 0 Å². The van der Waals surface area contributed by atoms with Gasteiger partial charge in [0.1, 0.15) is 0 Å². The van der Waals surface area contributed by atoms with Crippen LogP contribution in [0.2, 0.25) is 0 Å². The zero-order chi connectivity index (χ0) is 20.0. The Hall–Kier alpha value is -3.58. The van der Waals surface area contributed by atoms with Crippen LogP contribution in [-0.2, 0) is 5.41 Å². The molecule has 0 bridgehead atoms. The van der Waals surface area contributed by atoms with E-state index in [0.717, 1.165) is 0 Å². The highest BCUT2D eigenvalue weighted by Crippen LogP contribution is 2.57. The van der Waals surface area contributed by atoms with Gasteiger partial charge < -0.3 is 4.98 Å². The topological polar surface area (TPSA) is 15.8 Å². The van der Waals surface area contributed by atoms with E-state index in [-0.39, 0.29) is 5.41 Å². The molecule has 5 aromatic carbocycles. The fourth-order valence-corrected chi connectivity index (χ4v) is 5.88. The summed E-state index contributed by atoms with van der Waals surface area (Å²) in [6, 6.07) is 31.1. The molecular weight excluding hydrogens is 362 g/mol. The molecule has 30 heavy (non-hydrogen) atoms. The third-order valence-electron chi connectivity index (χ3n) is 7.15. The van der Waals surface area contributed by atoms with Crippen molar-refractivity contribution < 1.29 is 0 Å². The summed E-state index contributed by atoms with van der Waals surface area (Å²) in [5.74, 6) is 0. The highest BCUT2D eigenvalue weighted by atomic mass is 14.7. The molecule has 0 amide bonds. The quantitative estimate of drug-likeness (QED) is 0.274. The molecule has 1 N–H and O–H groups in total. The number of H-pyrrole nitrogens is 1. The van der Waals surface area contributed by atoms with Crippen LogP contribution in [0.4, 0.5) is 0 Å². The van der Waals surface area contributed by atoms with Crippen molar-refractivity contribution in [2.75, 3.05) is 0 Å². The maximum Gasteiger partial charge on any atom is 0.0551 e. The standard InChI is InChI=1S/C29H21N/c1-29(2)22-16-15-17-9-3-4-10-18(17)24(22)26-25-21-13-7-8-14-23(21)30-28(25)20-12-6-5-11-19(20)27(26)29/h3-16,30H,1-2H3. The summed E-state index contributed by atoms with van der Waals surface area (Å²) in [6.45, 7) is 4.78. The lowest BCUT2D eigenvalue weighted by atomic mass is 9.79. The predicted octanol–water partition coefficient (Wildman–Crippen LogP) is 7.93. The fraction of sp³-hybridized carbons (Fsp3) is 0.103. The first-order valence-corrected chi connectivity index (χ1v) is 10.6. The van der Waals surface area contributed by atoms with E-state index in [0.29, 0.717) is 0 Å². The van der Waals surface area contributed by atoms with E-state index in [4.69, 9.17) is 0 Å². The lowest BCUT2D eigenvalue weighted by Gasteiger charge is -2.23. The van der Waals surface area contributed by atoms with E-state index in [1.165, 1.54) is 65.6 Å². The van der Waals surface area contributed by atoms with Gasteiger partial charge in [0.25, 0.3) is 0 Å². The first kappa shape index (κ1) is 16.2. The van der Waals surface area contributed by atoms with Crippen LogP contribution < -0.4 is 0 Å². The third kappa shape index (κ3) is 1.79. The maximum atomic E-state index is 3.76. The lowest BCUT2D eigenvalue weighted by molar-refractivity contribution is 0.667. The molecule has 0 unspecified atom stereocenters. The summed E-state index contributed by atoms with van der Waals surface area (Å²) in [5, 5.41) is 8.00. The zero-order valence-electron chi connectivity index (χ0n) is 17.1. The van der Waals surface area contributed by atoms with Crippen LogP contribution in [0.3, 0.4) is 0 Å². The highest BCUT2D eigenvalue weighted by molar-refractivity contribution is 6.27. The van der Waals surface area contributed by atoms with Gasteiger partial charge in [-0.15, -0.1) is 0 Å². The summed E-state index contributed by atoms with van der Waals surface area (Å²) in [4.78, 5) is 3.76. The number of aromatic amines is 1. The maximum absolute atomic E-state index is 3.76. The minimum Gasteiger partial charge on any atom is -0.354 e. The van der Waals surface area contributed by atoms with Crippen LogP contribution in [-0.4, -0.2) is 4.98 Å². The Labute approximate surface area is 175 Å². The van der Waals surface area contributed by atoms with Crippen LogP contribution in [0.5, 0.6) is 0 Å². The van der Waals surface area contributed by atoms with Crippen molar-refractivity contribution in [2.45, 2.75) is 19.3 Å². The number of benzene rings is 5. The van der Waals surface area contributed by atoms with Gasteiger partial charge in [-0.1, -0.05) is 92.7 Å². The second-order valence-electron chi connectivity index (χ2n) is 9.05. The molecular formula is C29H21N. The average Bonchev–Trinajstić information content (AvgIpc) is 3.27. The normalized spacial score (nSPS) is 14.6. The van der Waals surface area contributed by atoms with Crippen LogP contribution >= 0.6 is 0 Å². The van der Waals surface area contributed by atoms with Crippen LogP contribution in [0.25, 0.3) is 54.5 Å². The number of aromatic nitrogens is 1. The highest BCUT2D eigenvalue weighted by Gasteiger charge is 2.39. The molecule has 1 aliphatic rings. The van der Waals surface area contributed by atoms with Gasteiger partial charge >= 0.3 is 0 Å². The molecule has 1 aliphatic carbocycles. The number of hydrogen-bond acceptors (Lipinski definition) is 0. The fourth-order valence-electron chi connectivity index (χ4n) is 5.88. The molecule has 0 aliphatic heterocycles. The van der Waals surface area contributed by atoms with E-state index in [9.17, 15) is 0 Å². The van der Waals surface area contributed by atoms with Gasteiger partial charge in [0.05, 0.1) is 5.52 Å². The molecule has 1 heterocycles. The van der Waals surface area contributed by atoms with Crippen molar-refractivity contribution in [1.29, 1.82) is 0 Å². The van der Waals surface area contributed by atoms with E-state index in [1.807, 2.05) is 0 Å². The van der Waals surface area contributed by atoms with Crippen molar-refractivity contribution in [3.05, 3.63) is 96.1 Å². The minimum absolute atomic E-state index is 0.0547. The SMILES string of the molecule is CC1(C)c2ccc3ccccc3c2-c2c1c1ccccc1c1[nH]c3ccccc3c21. The van der Waals surface area contributed by atoms with Gasteiger partial charge in [0, 0.05) is 27.1 Å². The molecule has 6 aromatic rings. The van der Waals surface area contributed by atoms with E-state index in [1.54, 1.807) is 0 Å². The van der Waals surface area contributed by atoms with Crippen LogP contribution in [0.15, 0.2) is 84.9 Å². The summed E-state index contributed by atoms with van der Waals surface area (Å²) < 4.78 is 0. The number of rotatable bonds is 0. The molecule has 0 radical (unpaired) electrons. The van der Waals surface area contributed by atoms with Gasteiger partial charge in [0.15, 0.2) is 0 Å². The van der Waals surface area contributed by atoms with Gasteiger partial charge in [0.2, 0.25) is 0 Å². The Morgan fingerprint density at radius 2 is 1.27 bits per heavy atom. The first-order valence-electron chi connectivity index (χ1n) is 10.6. The molecule has 0 fully saturated rings. The van der Waals surface area contributed by atoms with E-state index >= 15 is 0 Å². The molecule has 7 rings (SSSR count). The number of para-hydroxylation sites is 1. The van der Waals surface area contributed by atoms with Gasteiger partial charge in [-0.2, -0.15) is 0 Å². The molecule has 0 atom stereocenters. The first-order chi connectivity index (χ1) is 14.7. The number of hydrogen-bond donors (Lipinski definition) is 1. The smallest absolute Gasteiger partial charge is 0.0551 e. The summed E-state index contributed by atoms with van der Waals surface area (Å²) >= 11 is 0. The summed E-state index contributed by atoms with van der Waals surface area (Å²) in [7, 11) is 0. The largest absolute Gasteiger partial charge is 0.354 e. The Morgan fingerprint density at radius 3 is 2.10 bits per heavy atom. The Morgan fingerprint density at radius 1 is 0.600 bits per heavy atom. The Bertz CT molecular complexity index is 1660. The predicted molar refractivity (Wildman–Crippen MR) is 128 cm³/mol. The average molecular weight is 383 g/mol. The minimum atomic E-state index is -0.0547. The second-order valence-corrected chi connectivity index (χ2v) is 9.05. The Kier molecular flexibility index (Phi) is 2.88. The van der Waals surface area contributed by atoms with Crippen molar-refractivity contribution in [1.82, 2.24) is 4.98 Å². The molecule has 0 saturated carbocycles. The van der Waals surface area contributed by atoms with Crippen molar-refractivity contribution in [3.63, 3.8) is 0 Å². The van der Waals surface area contributed by atoms with Crippen molar-refractivity contribution >= 4 is 43.4 Å². The number of nitrogens with one attached hydrogen (secondary N) is 1. The van der Waals surface area contributed by atoms with Gasteiger partial charge in [-0.05, 0) is 44.5 Å². The molecule has 1 aromatic heterocycles. The van der Waals surface area contributed by atoms with Gasteiger partial charge in [-0.3, -0.25) is 0 Å². The Balaban J connectivity index is 1.86. The van der Waals surface area contributed by atoms with Gasteiger partial charge in [-0.25, -0.2) is 0 Å². The lowest BCUT2D eigenvalue weighted by Crippen LogP contribution is -2.15. The molecule has 142 valence electrons. The summed E-state index contributed by atoms with van der Waals surface area (Å²) in [6.07, 6.45) is 0. The summed E-state index contributed by atoms with van der Waals surface area (Å²) in [5.41, 5.74) is 8.12. The van der Waals surface area contributed by atoms with Crippen molar-refractivity contribution in [2.24, 2.45) is 0 Å². The second kappa shape index (κ2) is 5.31. The molecule has 1 nitrogen and oxygen atoms in total. The van der Waals surface area contributed by atoms with E-state index in [2.05, 4.69) is 104 Å².